The molecule has 2 nitrogen and oxygen atoms in total. The molecule has 1 rings (SSSR count). The molecular weight excluding hydrogens is 196 g/mol. The highest BCUT2D eigenvalue weighted by Crippen LogP contribution is 2.31. The van der Waals surface area contributed by atoms with Crippen molar-refractivity contribution in [1.82, 2.24) is 0 Å². The van der Waals surface area contributed by atoms with E-state index in [-0.39, 0.29) is 5.75 Å². The van der Waals surface area contributed by atoms with Crippen molar-refractivity contribution in [1.29, 1.82) is 0 Å². The molecule has 0 radical (unpaired) electrons. The van der Waals surface area contributed by atoms with Crippen molar-refractivity contribution in [2.24, 2.45) is 0 Å². The van der Waals surface area contributed by atoms with Crippen molar-refractivity contribution >= 4 is 18.0 Å². The lowest BCUT2D eigenvalue weighted by molar-refractivity contribution is 0.112. The zero-order chi connectivity index (χ0) is 10.4. The van der Waals surface area contributed by atoms with Crippen LogP contribution in [0, 0.1) is 0 Å². The largest absolute Gasteiger partial charge is 0.506 e. The molecule has 0 atom stereocenters. The van der Waals surface area contributed by atoms with Gasteiger partial charge in [-0.2, -0.15) is 0 Å². The number of aldehydes is 1. The number of phenols is 1. The predicted octanol–water partition coefficient (Wildman–Crippen LogP) is 3.10. The maximum absolute atomic E-state index is 10.5. The van der Waals surface area contributed by atoms with Gasteiger partial charge in [0, 0.05) is 4.90 Å². The number of hydrogen-bond acceptors (Lipinski definition) is 3. The van der Waals surface area contributed by atoms with Crippen molar-refractivity contribution < 1.29 is 9.90 Å². The Labute approximate surface area is 88.3 Å². The Morgan fingerprint density at radius 1 is 1.50 bits per heavy atom. The molecule has 0 fully saturated rings. The van der Waals surface area contributed by atoms with Gasteiger partial charge in [-0.05, 0) is 24.3 Å². The standard InChI is InChI=1S/C11H14O2S/c1-2-3-7-14-10-6-4-5-9(8-12)11(10)13/h4-6,8,13H,2-3,7H2,1H3. The third kappa shape index (κ3) is 2.77. The molecule has 0 saturated carbocycles. The lowest BCUT2D eigenvalue weighted by Gasteiger charge is -2.04. The van der Waals surface area contributed by atoms with E-state index in [0.29, 0.717) is 11.8 Å². The van der Waals surface area contributed by atoms with Crippen molar-refractivity contribution in [3.8, 4) is 5.75 Å². The molecule has 0 unspecified atom stereocenters. The van der Waals surface area contributed by atoms with Gasteiger partial charge in [-0.25, -0.2) is 0 Å². The number of aromatic hydroxyl groups is 1. The van der Waals surface area contributed by atoms with Gasteiger partial charge in [0.1, 0.15) is 5.75 Å². The second-order valence-electron chi connectivity index (χ2n) is 3.01. The van der Waals surface area contributed by atoms with E-state index in [1.54, 1.807) is 23.9 Å². The van der Waals surface area contributed by atoms with Crippen LogP contribution in [0.1, 0.15) is 30.1 Å². The van der Waals surface area contributed by atoms with E-state index in [0.717, 1.165) is 23.5 Å². The van der Waals surface area contributed by atoms with Crippen molar-refractivity contribution in [2.75, 3.05) is 5.75 Å². The first kappa shape index (κ1) is 11.1. The van der Waals surface area contributed by atoms with Crippen LogP contribution in [0.2, 0.25) is 0 Å². The SMILES string of the molecule is CCCCSc1cccc(C=O)c1O. The van der Waals surface area contributed by atoms with Crippen LogP contribution in [0.3, 0.4) is 0 Å². The fraction of sp³-hybridized carbons (Fsp3) is 0.364. The molecule has 0 saturated heterocycles. The van der Waals surface area contributed by atoms with E-state index in [4.69, 9.17) is 0 Å². The number of para-hydroxylation sites is 1. The molecule has 14 heavy (non-hydrogen) atoms. The molecule has 0 heterocycles. The van der Waals surface area contributed by atoms with Gasteiger partial charge in [0.15, 0.2) is 6.29 Å². The first-order valence-electron chi connectivity index (χ1n) is 4.69. The zero-order valence-electron chi connectivity index (χ0n) is 8.19. The van der Waals surface area contributed by atoms with Gasteiger partial charge < -0.3 is 5.11 Å². The molecule has 3 heteroatoms. The second kappa shape index (κ2) is 5.70. The summed E-state index contributed by atoms with van der Waals surface area (Å²) in [4.78, 5) is 11.3. The Hall–Kier alpha value is -0.960. The Balaban J connectivity index is 2.71. The van der Waals surface area contributed by atoms with Crippen LogP contribution in [-0.2, 0) is 0 Å². The molecule has 0 aromatic heterocycles. The van der Waals surface area contributed by atoms with Crippen LogP contribution in [0.25, 0.3) is 0 Å². The second-order valence-corrected chi connectivity index (χ2v) is 4.15. The van der Waals surface area contributed by atoms with Gasteiger partial charge in [-0.3, -0.25) is 4.79 Å². The van der Waals surface area contributed by atoms with Crippen LogP contribution < -0.4 is 0 Å². The minimum absolute atomic E-state index is 0.114. The molecule has 1 aromatic carbocycles. The number of thioether (sulfide) groups is 1. The number of hydrogen-bond donors (Lipinski definition) is 1. The number of rotatable bonds is 5. The minimum atomic E-state index is 0.114. The van der Waals surface area contributed by atoms with Crippen LogP contribution in [0.4, 0.5) is 0 Å². The fourth-order valence-electron chi connectivity index (χ4n) is 1.08. The number of unbranched alkanes of at least 4 members (excludes halogenated alkanes) is 1. The predicted molar refractivity (Wildman–Crippen MR) is 59.1 cm³/mol. The van der Waals surface area contributed by atoms with Gasteiger partial charge in [-0.15, -0.1) is 11.8 Å². The van der Waals surface area contributed by atoms with Crippen LogP contribution >= 0.6 is 11.8 Å². The summed E-state index contributed by atoms with van der Waals surface area (Å²) in [5, 5.41) is 9.64. The van der Waals surface area contributed by atoms with Crippen LogP contribution in [0.15, 0.2) is 23.1 Å². The Bertz CT molecular complexity index is 310. The first-order valence-corrected chi connectivity index (χ1v) is 5.68. The molecule has 0 amide bonds. The summed E-state index contributed by atoms with van der Waals surface area (Å²) in [6.45, 7) is 2.13. The molecule has 1 aromatic rings. The average Bonchev–Trinajstić information content (AvgIpc) is 2.21. The highest BCUT2D eigenvalue weighted by atomic mass is 32.2. The quantitative estimate of drug-likeness (QED) is 0.461. The maximum Gasteiger partial charge on any atom is 0.153 e. The van der Waals surface area contributed by atoms with Gasteiger partial charge in [0.25, 0.3) is 0 Å². The first-order chi connectivity index (χ1) is 6.79. The third-order valence-electron chi connectivity index (χ3n) is 1.91. The molecule has 0 spiro atoms. The summed E-state index contributed by atoms with van der Waals surface area (Å²) in [6, 6.07) is 5.24. The number of benzene rings is 1. The highest BCUT2D eigenvalue weighted by molar-refractivity contribution is 7.99. The Morgan fingerprint density at radius 3 is 2.93 bits per heavy atom. The molecular formula is C11H14O2S. The summed E-state index contributed by atoms with van der Waals surface area (Å²) < 4.78 is 0. The molecule has 0 bridgehead atoms. The van der Waals surface area contributed by atoms with Gasteiger partial charge in [0.05, 0.1) is 5.56 Å². The molecule has 76 valence electrons. The summed E-state index contributed by atoms with van der Waals surface area (Å²) in [6.07, 6.45) is 2.94. The van der Waals surface area contributed by atoms with Gasteiger partial charge >= 0.3 is 0 Å². The summed E-state index contributed by atoms with van der Waals surface area (Å²) >= 11 is 1.59. The van der Waals surface area contributed by atoms with Crippen LogP contribution in [0.5, 0.6) is 5.75 Å². The number of carbonyl (C=O) groups is 1. The van der Waals surface area contributed by atoms with Crippen LogP contribution in [-0.4, -0.2) is 17.1 Å². The average molecular weight is 210 g/mol. The number of carbonyl (C=O) groups excluding carboxylic acids is 1. The van der Waals surface area contributed by atoms with E-state index in [1.807, 2.05) is 6.07 Å². The van der Waals surface area contributed by atoms with Crippen molar-refractivity contribution in [3.63, 3.8) is 0 Å². The minimum Gasteiger partial charge on any atom is -0.506 e. The highest BCUT2D eigenvalue weighted by Gasteiger charge is 2.05. The normalized spacial score (nSPS) is 10.1. The van der Waals surface area contributed by atoms with E-state index >= 15 is 0 Å². The topological polar surface area (TPSA) is 37.3 Å². The third-order valence-corrected chi connectivity index (χ3v) is 3.05. The van der Waals surface area contributed by atoms with Gasteiger partial charge in [-0.1, -0.05) is 19.4 Å². The van der Waals surface area contributed by atoms with E-state index in [1.165, 1.54) is 0 Å². The summed E-state index contributed by atoms with van der Waals surface area (Å²) in [5.74, 6) is 1.09. The monoisotopic (exact) mass is 210 g/mol. The van der Waals surface area contributed by atoms with Crippen molar-refractivity contribution in [3.05, 3.63) is 23.8 Å². The Kier molecular flexibility index (Phi) is 4.53. The fourth-order valence-corrected chi connectivity index (χ4v) is 2.16. The number of phenolic OH excluding ortho intramolecular Hbond substituents is 1. The van der Waals surface area contributed by atoms with E-state index < -0.39 is 0 Å². The smallest absolute Gasteiger partial charge is 0.153 e. The molecule has 0 aliphatic heterocycles. The van der Waals surface area contributed by atoms with E-state index in [2.05, 4.69) is 6.92 Å². The maximum atomic E-state index is 10.5. The van der Waals surface area contributed by atoms with Crippen molar-refractivity contribution in [2.45, 2.75) is 24.7 Å². The summed E-state index contributed by atoms with van der Waals surface area (Å²) in [7, 11) is 0. The van der Waals surface area contributed by atoms with Gasteiger partial charge in [0.2, 0.25) is 0 Å². The lowest BCUT2D eigenvalue weighted by Crippen LogP contribution is -1.85. The van der Waals surface area contributed by atoms with E-state index in [9.17, 15) is 9.90 Å². The molecule has 1 N–H and O–H groups in total. The lowest BCUT2D eigenvalue weighted by atomic mass is 10.2. The Morgan fingerprint density at radius 2 is 2.29 bits per heavy atom. The molecule has 0 aliphatic carbocycles. The molecule has 0 aliphatic rings. The summed E-state index contributed by atoms with van der Waals surface area (Å²) in [5.41, 5.74) is 0.367. The zero-order valence-corrected chi connectivity index (χ0v) is 9.01.